The van der Waals surface area contributed by atoms with E-state index in [1.807, 2.05) is 19.9 Å². The van der Waals surface area contributed by atoms with Crippen molar-refractivity contribution in [1.29, 1.82) is 0 Å². The van der Waals surface area contributed by atoms with E-state index in [4.69, 9.17) is 33.2 Å². The number of carbonyl (C=O) groups excluding carboxylic acids is 3. The summed E-state index contributed by atoms with van der Waals surface area (Å²) in [7, 11) is 6.36. The van der Waals surface area contributed by atoms with Crippen molar-refractivity contribution in [3.05, 3.63) is 23.8 Å². The zero-order valence-electron chi connectivity index (χ0n) is 33.5. The highest BCUT2D eigenvalue weighted by molar-refractivity contribution is 5.91. The van der Waals surface area contributed by atoms with Gasteiger partial charge in [-0.15, -0.1) is 0 Å². The standard InChI is InChI=1S/C39H65NO14/c1-11-29-26(19-50-39-37(49-10)36(48-9)33(46)24(6)52-39)16-20(2)12-13-27(42)21(3)17-25(14-15-41)35(22(4)28(43)18-30(44)53-29)54-38-34(47)31(40(7)8)32(45)23(5)51-38/h12-13,15-16,21-26,28-29,31-39,43,45-47H,11,14,17-19H2,1-10H3/b13-12+,20-16+. The predicted molar refractivity (Wildman–Crippen MR) is 196 cm³/mol. The van der Waals surface area contributed by atoms with Gasteiger partial charge in [-0.1, -0.05) is 38.5 Å². The number of allylic oxidation sites excluding steroid dienone is 3. The number of aliphatic hydroxyl groups excluding tert-OH is 4. The van der Waals surface area contributed by atoms with Crippen molar-refractivity contribution in [2.45, 2.75) is 147 Å². The van der Waals surface area contributed by atoms with E-state index in [1.165, 1.54) is 20.3 Å². The molecule has 2 fully saturated rings. The molecule has 0 aliphatic carbocycles. The fourth-order valence-corrected chi connectivity index (χ4v) is 7.76. The number of ether oxygens (including phenoxy) is 7. The minimum absolute atomic E-state index is 0.0120. The summed E-state index contributed by atoms with van der Waals surface area (Å²) in [5, 5.41) is 44.2. The first-order valence-electron chi connectivity index (χ1n) is 19.0. The molecule has 15 nitrogen and oxygen atoms in total. The summed E-state index contributed by atoms with van der Waals surface area (Å²) < 4.78 is 41.6. The van der Waals surface area contributed by atoms with Crippen LogP contribution < -0.4 is 0 Å². The molecule has 3 heterocycles. The molecule has 0 saturated carbocycles. The lowest BCUT2D eigenvalue weighted by Crippen LogP contribution is -2.63. The Morgan fingerprint density at radius 2 is 1.52 bits per heavy atom. The van der Waals surface area contributed by atoms with Gasteiger partial charge in [0.05, 0.1) is 49.6 Å². The summed E-state index contributed by atoms with van der Waals surface area (Å²) in [4.78, 5) is 40.8. The smallest absolute Gasteiger partial charge is 0.308 e. The van der Waals surface area contributed by atoms with Crippen LogP contribution >= 0.6 is 0 Å². The molecule has 3 rings (SSSR count). The fourth-order valence-electron chi connectivity index (χ4n) is 7.76. The molecular weight excluding hydrogens is 706 g/mol. The first kappa shape index (κ1) is 46.2. The summed E-state index contributed by atoms with van der Waals surface area (Å²) in [6.07, 6.45) is -5.36. The molecule has 54 heavy (non-hydrogen) atoms. The van der Waals surface area contributed by atoms with Crippen molar-refractivity contribution >= 4 is 18.0 Å². The molecule has 0 radical (unpaired) electrons. The van der Waals surface area contributed by atoms with Gasteiger partial charge in [0.15, 0.2) is 18.4 Å². The van der Waals surface area contributed by atoms with Crippen LogP contribution in [0.1, 0.15) is 67.2 Å². The van der Waals surface area contributed by atoms with E-state index in [2.05, 4.69) is 0 Å². The second-order valence-electron chi connectivity index (χ2n) is 15.4. The second kappa shape index (κ2) is 21.4. The Labute approximate surface area is 319 Å². The molecule has 2 saturated heterocycles. The van der Waals surface area contributed by atoms with Gasteiger partial charge in [-0.05, 0) is 59.7 Å². The van der Waals surface area contributed by atoms with Gasteiger partial charge in [-0.2, -0.15) is 0 Å². The Morgan fingerprint density at radius 3 is 2.11 bits per heavy atom. The van der Waals surface area contributed by atoms with E-state index in [0.29, 0.717) is 12.0 Å². The quantitative estimate of drug-likeness (QED) is 0.174. The lowest BCUT2D eigenvalue weighted by atomic mass is 9.79. The summed E-state index contributed by atoms with van der Waals surface area (Å²) in [6, 6.07) is -0.740. The van der Waals surface area contributed by atoms with Gasteiger partial charge in [-0.3, -0.25) is 9.59 Å². The SMILES string of the molecule is CCC1OC(=O)CC(O)C(C)C(OC2OC(C)C(O)C(N(C)C)C2O)C(CC=O)CC(C)C(=O)/C=C/C(C)=C/C1COC1OC(C)C(O)C(OC)C1OC. The maximum Gasteiger partial charge on any atom is 0.308 e. The Bertz CT molecular complexity index is 1260. The highest BCUT2D eigenvalue weighted by atomic mass is 16.7. The first-order valence-corrected chi connectivity index (χ1v) is 19.0. The summed E-state index contributed by atoms with van der Waals surface area (Å²) in [5.41, 5.74) is 0.701. The van der Waals surface area contributed by atoms with Crippen LogP contribution in [0.4, 0.5) is 0 Å². The highest BCUT2D eigenvalue weighted by Crippen LogP contribution is 2.35. The van der Waals surface area contributed by atoms with Crippen molar-refractivity contribution in [1.82, 2.24) is 4.90 Å². The lowest BCUT2D eigenvalue weighted by molar-refractivity contribution is -0.304. The molecule has 0 aromatic carbocycles. The number of aldehydes is 1. The van der Waals surface area contributed by atoms with Crippen LogP contribution in [0.3, 0.4) is 0 Å². The number of hydrogen-bond donors (Lipinski definition) is 4. The maximum absolute atomic E-state index is 13.6. The summed E-state index contributed by atoms with van der Waals surface area (Å²) in [6.45, 7) is 10.5. The normalized spacial score (nSPS) is 43.6. The number of nitrogens with zero attached hydrogens (tertiary/aromatic N) is 1. The van der Waals surface area contributed by atoms with E-state index in [-0.39, 0.29) is 25.2 Å². The zero-order valence-corrected chi connectivity index (χ0v) is 33.5. The molecule has 17 atom stereocenters. The molecular formula is C39H65NO14. The molecule has 0 bridgehead atoms. The molecule has 3 aliphatic heterocycles. The maximum atomic E-state index is 13.6. The monoisotopic (exact) mass is 771 g/mol. The number of cyclic esters (lactones) is 1. The van der Waals surface area contributed by atoms with Crippen LogP contribution in [0.2, 0.25) is 0 Å². The van der Waals surface area contributed by atoms with Crippen molar-refractivity contribution in [2.75, 3.05) is 34.9 Å². The fraction of sp³-hybridized carbons (Fsp3) is 0.821. The molecule has 0 spiro atoms. The molecule has 15 heteroatoms. The van der Waals surface area contributed by atoms with E-state index in [1.54, 1.807) is 52.8 Å². The van der Waals surface area contributed by atoms with Crippen LogP contribution in [-0.4, -0.2) is 158 Å². The Kier molecular flexibility index (Phi) is 18.3. The third-order valence-electron chi connectivity index (χ3n) is 11.1. The summed E-state index contributed by atoms with van der Waals surface area (Å²) >= 11 is 0. The number of carbonyl (C=O) groups is 3. The number of hydrogen-bond acceptors (Lipinski definition) is 15. The van der Waals surface area contributed by atoms with Gasteiger partial charge in [0.2, 0.25) is 0 Å². The highest BCUT2D eigenvalue weighted by Gasteiger charge is 2.48. The van der Waals surface area contributed by atoms with E-state index >= 15 is 0 Å². The first-order chi connectivity index (χ1) is 25.5. The molecule has 0 amide bonds. The van der Waals surface area contributed by atoms with Gasteiger partial charge >= 0.3 is 5.97 Å². The molecule has 310 valence electrons. The Hall–Kier alpha value is -2.15. The van der Waals surface area contributed by atoms with Crippen LogP contribution in [0, 0.1) is 23.7 Å². The summed E-state index contributed by atoms with van der Waals surface area (Å²) in [5.74, 6) is -3.37. The number of methoxy groups -OCH3 is 2. The second-order valence-corrected chi connectivity index (χ2v) is 15.4. The molecule has 17 unspecified atom stereocenters. The van der Waals surface area contributed by atoms with Crippen LogP contribution in [0.25, 0.3) is 0 Å². The van der Waals surface area contributed by atoms with Gasteiger partial charge in [0.25, 0.3) is 0 Å². The van der Waals surface area contributed by atoms with Gasteiger partial charge < -0.3 is 63.3 Å². The average Bonchev–Trinajstić information content (AvgIpc) is 3.12. The number of aliphatic hydroxyl groups is 4. The van der Waals surface area contributed by atoms with Crippen molar-refractivity contribution in [2.24, 2.45) is 23.7 Å². The topological polar surface area (TPSA) is 200 Å². The van der Waals surface area contributed by atoms with E-state index < -0.39 is 116 Å². The van der Waals surface area contributed by atoms with E-state index in [9.17, 15) is 34.8 Å². The zero-order chi connectivity index (χ0) is 40.4. The van der Waals surface area contributed by atoms with Crippen molar-refractivity contribution in [3.8, 4) is 0 Å². The predicted octanol–water partition coefficient (Wildman–Crippen LogP) is 1.56. The minimum atomic E-state index is -1.31. The van der Waals surface area contributed by atoms with Crippen molar-refractivity contribution < 1.29 is 68.0 Å². The number of ketones is 1. The number of likely N-dealkylation sites (N-methyl/N-ethyl adjacent to an activating group) is 1. The van der Waals surface area contributed by atoms with Crippen LogP contribution in [0.5, 0.6) is 0 Å². The third kappa shape index (κ3) is 11.7. The third-order valence-corrected chi connectivity index (χ3v) is 11.1. The van der Waals surface area contributed by atoms with Gasteiger partial charge in [-0.25, -0.2) is 0 Å². The van der Waals surface area contributed by atoms with E-state index in [0.717, 1.165) is 6.29 Å². The molecule has 3 aliphatic rings. The molecule has 0 aromatic rings. The Balaban J connectivity index is 1.96. The molecule has 4 N–H and O–H groups in total. The lowest BCUT2D eigenvalue weighted by Gasteiger charge is -2.46. The largest absolute Gasteiger partial charge is 0.462 e. The van der Waals surface area contributed by atoms with Gasteiger partial charge in [0, 0.05) is 38.4 Å². The number of esters is 1. The number of rotatable bonds is 11. The average molecular weight is 772 g/mol. The van der Waals surface area contributed by atoms with Crippen LogP contribution in [-0.2, 0) is 47.5 Å². The molecule has 0 aromatic heterocycles. The minimum Gasteiger partial charge on any atom is -0.462 e. The van der Waals surface area contributed by atoms with Gasteiger partial charge in [0.1, 0.15) is 36.8 Å². The Morgan fingerprint density at radius 1 is 0.889 bits per heavy atom. The van der Waals surface area contributed by atoms with Crippen LogP contribution in [0.15, 0.2) is 23.8 Å². The van der Waals surface area contributed by atoms with Crippen molar-refractivity contribution in [3.63, 3.8) is 0 Å².